The Morgan fingerprint density at radius 2 is 1.73 bits per heavy atom. The van der Waals surface area contributed by atoms with E-state index in [4.69, 9.17) is 16.7 Å². The van der Waals surface area contributed by atoms with Crippen molar-refractivity contribution in [3.05, 3.63) is 53.1 Å². The number of aliphatic carboxylic acids is 1. The Balaban J connectivity index is 1.94. The van der Waals surface area contributed by atoms with E-state index in [1.54, 1.807) is 24.3 Å². The summed E-state index contributed by atoms with van der Waals surface area (Å²) >= 11 is 6.96. The third kappa shape index (κ3) is 7.60. The van der Waals surface area contributed by atoms with E-state index in [1.807, 2.05) is 0 Å². The summed E-state index contributed by atoms with van der Waals surface area (Å²) in [7, 11) is 0. The minimum atomic E-state index is -4.56. The highest BCUT2D eigenvalue weighted by atomic mass is 35.5. The van der Waals surface area contributed by atoms with Gasteiger partial charge in [-0.05, 0) is 36.4 Å². The SMILES string of the molecule is O=C(O)CCC(=O)Nc1cccc(SCC(=O)Nc2cc(C(F)(F)F)ccc2Cl)c1. The van der Waals surface area contributed by atoms with Crippen LogP contribution in [0.25, 0.3) is 0 Å². The van der Waals surface area contributed by atoms with E-state index in [0.29, 0.717) is 10.6 Å². The van der Waals surface area contributed by atoms with E-state index in [9.17, 15) is 27.6 Å². The van der Waals surface area contributed by atoms with Gasteiger partial charge in [-0.3, -0.25) is 14.4 Å². The molecule has 30 heavy (non-hydrogen) atoms. The fraction of sp³-hybridized carbons (Fsp3) is 0.211. The fourth-order valence-corrected chi connectivity index (χ4v) is 3.16. The lowest BCUT2D eigenvalue weighted by Gasteiger charge is -2.12. The highest BCUT2D eigenvalue weighted by Gasteiger charge is 2.31. The predicted molar refractivity (Wildman–Crippen MR) is 108 cm³/mol. The molecule has 2 aromatic carbocycles. The highest BCUT2D eigenvalue weighted by Crippen LogP contribution is 2.34. The van der Waals surface area contributed by atoms with Crippen LogP contribution in [0, 0.1) is 0 Å². The summed E-state index contributed by atoms with van der Waals surface area (Å²) in [6.45, 7) is 0. The van der Waals surface area contributed by atoms with E-state index < -0.39 is 29.5 Å². The third-order valence-corrected chi connectivity index (χ3v) is 4.94. The number of carbonyl (C=O) groups excluding carboxylic acids is 2. The average Bonchev–Trinajstić information content (AvgIpc) is 2.66. The quantitative estimate of drug-likeness (QED) is 0.487. The van der Waals surface area contributed by atoms with E-state index in [-0.39, 0.29) is 29.3 Å². The summed E-state index contributed by atoms with van der Waals surface area (Å²) in [6.07, 6.45) is -5.03. The van der Waals surface area contributed by atoms with Crippen molar-refractivity contribution in [3.8, 4) is 0 Å². The molecule has 0 unspecified atom stereocenters. The van der Waals surface area contributed by atoms with Crippen LogP contribution in [0.1, 0.15) is 18.4 Å². The molecule has 0 spiro atoms. The average molecular weight is 461 g/mol. The van der Waals surface area contributed by atoms with Crippen molar-refractivity contribution < 1.29 is 32.7 Å². The monoisotopic (exact) mass is 460 g/mol. The molecule has 0 heterocycles. The Hall–Kier alpha value is -2.72. The van der Waals surface area contributed by atoms with Gasteiger partial charge in [-0.15, -0.1) is 11.8 Å². The molecule has 11 heteroatoms. The van der Waals surface area contributed by atoms with Gasteiger partial charge in [0.05, 0.1) is 28.4 Å². The zero-order chi connectivity index (χ0) is 22.3. The molecule has 160 valence electrons. The summed E-state index contributed by atoms with van der Waals surface area (Å²) in [5.41, 5.74) is -0.644. The van der Waals surface area contributed by atoms with E-state index in [0.717, 1.165) is 30.0 Å². The van der Waals surface area contributed by atoms with Gasteiger partial charge in [0, 0.05) is 17.0 Å². The van der Waals surface area contributed by atoms with Crippen LogP contribution in [0.3, 0.4) is 0 Å². The zero-order valence-corrected chi connectivity index (χ0v) is 16.8. The molecule has 0 aliphatic carbocycles. The molecule has 0 aromatic heterocycles. The lowest BCUT2D eigenvalue weighted by Crippen LogP contribution is -2.15. The van der Waals surface area contributed by atoms with E-state index in [2.05, 4.69) is 10.6 Å². The summed E-state index contributed by atoms with van der Waals surface area (Å²) in [4.78, 5) is 34.9. The van der Waals surface area contributed by atoms with Crippen molar-refractivity contribution in [1.29, 1.82) is 0 Å². The lowest BCUT2D eigenvalue weighted by molar-refractivity contribution is -0.138. The first-order valence-corrected chi connectivity index (χ1v) is 9.82. The number of halogens is 4. The molecule has 0 atom stereocenters. The summed E-state index contributed by atoms with van der Waals surface area (Å²) in [5.74, 6) is -2.21. The van der Waals surface area contributed by atoms with Crippen molar-refractivity contribution >= 4 is 52.5 Å². The molecule has 0 saturated heterocycles. The number of hydrogen-bond donors (Lipinski definition) is 3. The van der Waals surface area contributed by atoms with Crippen molar-refractivity contribution in [2.24, 2.45) is 0 Å². The number of carboxylic acid groups (broad SMARTS) is 1. The second-order valence-corrected chi connectivity index (χ2v) is 7.45. The van der Waals surface area contributed by atoms with Gasteiger partial charge in [-0.25, -0.2) is 0 Å². The van der Waals surface area contributed by atoms with Gasteiger partial charge in [0.25, 0.3) is 0 Å². The minimum Gasteiger partial charge on any atom is -0.481 e. The number of carboxylic acids is 1. The number of benzene rings is 2. The Morgan fingerprint density at radius 1 is 1.00 bits per heavy atom. The minimum absolute atomic E-state index is 0.0209. The molecule has 0 bridgehead atoms. The van der Waals surface area contributed by atoms with Crippen LogP contribution in [-0.2, 0) is 20.6 Å². The smallest absolute Gasteiger partial charge is 0.416 e. The first-order chi connectivity index (χ1) is 14.0. The van der Waals surface area contributed by atoms with E-state index >= 15 is 0 Å². The standard InChI is InChI=1S/C19H16ClF3N2O4S/c20-14-5-4-11(19(21,22)23)8-15(14)25-17(27)10-30-13-3-1-2-12(9-13)24-16(26)6-7-18(28)29/h1-5,8-9H,6-7,10H2,(H,24,26)(H,25,27)(H,28,29). The number of amides is 2. The lowest BCUT2D eigenvalue weighted by atomic mass is 10.2. The molecular weight excluding hydrogens is 445 g/mol. The van der Waals surface area contributed by atoms with Crippen LogP contribution >= 0.6 is 23.4 Å². The van der Waals surface area contributed by atoms with Crippen LogP contribution in [0.2, 0.25) is 5.02 Å². The van der Waals surface area contributed by atoms with Crippen molar-refractivity contribution in [3.63, 3.8) is 0 Å². The molecule has 0 aliphatic rings. The summed E-state index contributed by atoms with van der Waals surface area (Å²) in [5, 5.41) is 13.5. The molecule has 0 aliphatic heterocycles. The molecule has 2 aromatic rings. The maximum absolute atomic E-state index is 12.8. The molecule has 6 nitrogen and oxygen atoms in total. The van der Waals surface area contributed by atoms with Crippen LogP contribution < -0.4 is 10.6 Å². The fourth-order valence-electron chi connectivity index (χ4n) is 2.24. The first-order valence-electron chi connectivity index (χ1n) is 8.45. The number of alkyl halides is 3. The van der Waals surface area contributed by atoms with Gasteiger partial charge in [-0.1, -0.05) is 17.7 Å². The molecule has 3 N–H and O–H groups in total. The molecule has 0 fully saturated rings. The molecular formula is C19H16ClF3N2O4S. The first kappa shape index (κ1) is 23.6. The Morgan fingerprint density at radius 3 is 2.40 bits per heavy atom. The van der Waals surface area contributed by atoms with Gasteiger partial charge in [0.2, 0.25) is 11.8 Å². The third-order valence-electron chi connectivity index (χ3n) is 3.62. The highest BCUT2D eigenvalue weighted by molar-refractivity contribution is 8.00. The predicted octanol–water partition coefficient (Wildman–Crippen LogP) is 4.89. The van der Waals surface area contributed by atoms with Crippen molar-refractivity contribution in [1.82, 2.24) is 0 Å². The summed E-state index contributed by atoms with van der Waals surface area (Å²) in [6, 6.07) is 9.16. The second-order valence-electron chi connectivity index (χ2n) is 6.00. The van der Waals surface area contributed by atoms with Gasteiger partial charge in [0.1, 0.15) is 0 Å². The van der Waals surface area contributed by atoms with Crippen LogP contribution in [-0.4, -0.2) is 28.6 Å². The molecule has 2 amide bonds. The van der Waals surface area contributed by atoms with Crippen molar-refractivity contribution in [2.75, 3.05) is 16.4 Å². The maximum atomic E-state index is 12.8. The number of anilines is 2. The maximum Gasteiger partial charge on any atom is 0.416 e. The van der Waals surface area contributed by atoms with Crippen LogP contribution in [0.5, 0.6) is 0 Å². The van der Waals surface area contributed by atoms with Gasteiger partial charge in [0.15, 0.2) is 0 Å². The number of carbonyl (C=O) groups is 3. The number of nitrogens with one attached hydrogen (secondary N) is 2. The molecule has 2 rings (SSSR count). The van der Waals surface area contributed by atoms with Crippen LogP contribution in [0.4, 0.5) is 24.5 Å². The normalized spacial score (nSPS) is 11.1. The number of thioether (sulfide) groups is 1. The second kappa shape index (κ2) is 10.4. The Labute approximate surface area is 178 Å². The van der Waals surface area contributed by atoms with Gasteiger partial charge < -0.3 is 15.7 Å². The van der Waals surface area contributed by atoms with Gasteiger partial charge in [-0.2, -0.15) is 13.2 Å². The number of hydrogen-bond acceptors (Lipinski definition) is 4. The largest absolute Gasteiger partial charge is 0.481 e. The van der Waals surface area contributed by atoms with E-state index in [1.165, 1.54) is 0 Å². The number of rotatable bonds is 8. The van der Waals surface area contributed by atoms with Crippen molar-refractivity contribution in [2.45, 2.75) is 23.9 Å². The van der Waals surface area contributed by atoms with Crippen LogP contribution in [0.15, 0.2) is 47.4 Å². The topological polar surface area (TPSA) is 95.5 Å². The Kier molecular flexibility index (Phi) is 8.13. The molecule has 0 saturated carbocycles. The zero-order valence-electron chi connectivity index (χ0n) is 15.3. The molecule has 0 radical (unpaired) electrons. The summed E-state index contributed by atoms with van der Waals surface area (Å²) < 4.78 is 38.4. The Bertz CT molecular complexity index is 954. The van der Waals surface area contributed by atoms with Gasteiger partial charge >= 0.3 is 12.1 Å².